The fourth-order valence-corrected chi connectivity index (χ4v) is 3.18. The third-order valence-electron chi connectivity index (χ3n) is 4.46. The topological polar surface area (TPSA) is 35.5 Å². The van der Waals surface area contributed by atoms with Crippen molar-refractivity contribution in [3.05, 3.63) is 41.3 Å². The highest BCUT2D eigenvalue weighted by Gasteiger charge is 2.51. The maximum atomic E-state index is 10.8. The summed E-state index contributed by atoms with van der Waals surface area (Å²) in [6, 6.07) is 11.9. The molecule has 3 nitrogen and oxygen atoms in total. The van der Waals surface area contributed by atoms with Crippen LogP contribution in [0.25, 0.3) is 10.4 Å². The van der Waals surface area contributed by atoms with E-state index in [9.17, 15) is 4.79 Å². The molecule has 3 rings (SSSR count). The SMILES string of the molecule is CC1(C)OB(c2ccc(-c3ccc(C=O)s3)cc2)OC1(C)C. The lowest BCUT2D eigenvalue weighted by atomic mass is 9.79. The van der Waals surface area contributed by atoms with Crippen LogP contribution in [-0.2, 0) is 9.31 Å². The van der Waals surface area contributed by atoms with Gasteiger partial charge in [0.2, 0.25) is 0 Å². The van der Waals surface area contributed by atoms with E-state index < -0.39 is 0 Å². The zero-order valence-corrected chi connectivity index (χ0v) is 14.1. The van der Waals surface area contributed by atoms with E-state index >= 15 is 0 Å². The fraction of sp³-hybridized carbons (Fsp3) is 0.353. The van der Waals surface area contributed by atoms with Gasteiger partial charge in [-0.25, -0.2) is 0 Å². The minimum absolute atomic E-state index is 0.330. The van der Waals surface area contributed by atoms with Crippen molar-refractivity contribution in [3.63, 3.8) is 0 Å². The van der Waals surface area contributed by atoms with Gasteiger partial charge in [0.15, 0.2) is 6.29 Å². The second kappa shape index (κ2) is 5.34. The van der Waals surface area contributed by atoms with Gasteiger partial charge in [-0.1, -0.05) is 24.3 Å². The van der Waals surface area contributed by atoms with Crippen LogP contribution in [0.3, 0.4) is 0 Å². The zero-order valence-electron chi connectivity index (χ0n) is 13.3. The normalized spacial score (nSPS) is 19.4. The Morgan fingerprint density at radius 3 is 2.05 bits per heavy atom. The zero-order chi connectivity index (χ0) is 16.0. The van der Waals surface area contributed by atoms with E-state index in [-0.39, 0.29) is 18.3 Å². The molecule has 114 valence electrons. The Balaban J connectivity index is 1.82. The smallest absolute Gasteiger partial charge is 0.399 e. The molecule has 5 heteroatoms. The molecule has 1 aliphatic heterocycles. The summed E-state index contributed by atoms with van der Waals surface area (Å²) in [5.41, 5.74) is 1.44. The lowest BCUT2D eigenvalue weighted by Crippen LogP contribution is -2.41. The van der Waals surface area contributed by atoms with Gasteiger partial charge in [0.05, 0.1) is 16.1 Å². The second-order valence-electron chi connectivity index (χ2n) is 6.53. The Labute approximate surface area is 135 Å². The molecule has 2 heterocycles. The molecule has 0 bridgehead atoms. The van der Waals surface area contributed by atoms with Gasteiger partial charge in [-0.3, -0.25) is 4.79 Å². The summed E-state index contributed by atoms with van der Waals surface area (Å²) in [4.78, 5) is 12.6. The van der Waals surface area contributed by atoms with Crippen molar-refractivity contribution in [2.45, 2.75) is 38.9 Å². The van der Waals surface area contributed by atoms with Crippen LogP contribution in [0.1, 0.15) is 37.4 Å². The summed E-state index contributed by atoms with van der Waals surface area (Å²) in [5.74, 6) is 0. The van der Waals surface area contributed by atoms with Gasteiger partial charge < -0.3 is 9.31 Å². The third-order valence-corrected chi connectivity index (χ3v) is 5.52. The highest BCUT2D eigenvalue weighted by molar-refractivity contribution is 7.17. The van der Waals surface area contributed by atoms with Crippen molar-refractivity contribution in [2.75, 3.05) is 0 Å². The van der Waals surface area contributed by atoms with Crippen LogP contribution in [0.15, 0.2) is 36.4 Å². The van der Waals surface area contributed by atoms with Crippen molar-refractivity contribution < 1.29 is 14.1 Å². The number of hydrogen-bond acceptors (Lipinski definition) is 4. The van der Waals surface area contributed by atoms with Crippen LogP contribution >= 0.6 is 11.3 Å². The molecule has 0 spiro atoms. The lowest BCUT2D eigenvalue weighted by Gasteiger charge is -2.32. The van der Waals surface area contributed by atoms with E-state index in [0.29, 0.717) is 0 Å². The standard InChI is InChI=1S/C17H19BO3S/c1-16(2)17(3,4)21-18(20-16)13-7-5-12(6-8-13)15-10-9-14(11-19)22-15/h5-11H,1-4H3. The number of hydrogen-bond donors (Lipinski definition) is 0. The third kappa shape index (κ3) is 2.64. The summed E-state index contributed by atoms with van der Waals surface area (Å²) >= 11 is 1.49. The quantitative estimate of drug-likeness (QED) is 0.642. The van der Waals surface area contributed by atoms with Crippen molar-refractivity contribution in [2.24, 2.45) is 0 Å². The van der Waals surface area contributed by atoms with E-state index in [4.69, 9.17) is 9.31 Å². The Morgan fingerprint density at radius 1 is 0.955 bits per heavy atom. The Bertz CT molecular complexity index is 672. The molecular weight excluding hydrogens is 295 g/mol. The van der Waals surface area contributed by atoms with Gasteiger partial charge in [0.1, 0.15) is 0 Å². The van der Waals surface area contributed by atoms with Crippen LogP contribution in [0, 0.1) is 0 Å². The lowest BCUT2D eigenvalue weighted by molar-refractivity contribution is 0.00578. The predicted molar refractivity (Wildman–Crippen MR) is 90.9 cm³/mol. The van der Waals surface area contributed by atoms with Gasteiger partial charge in [-0.2, -0.15) is 0 Å². The Morgan fingerprint density at radius 2 is 1.55 bits per heavy atom. The molecule has 0 aliphatic carbocycles. The molecule has 1 aliphatic rings. The predicted octanol–water partition coefficient (Wildman–Crippen LogP) is 3.53. The van der Waals surface area contributed by atoms with Crippen LogP contribution in [0.4, 0.5) is 0 Å². The molecule has 0 amide bonds. The Kier molecular flexibility index (Phi) is 3.75. The molecule has 2 aromatic rings. The summed E-state index contributed by atoms with van der Waals surface area (Å²) < 4.78 is 12.1. The molecule has 1 aromatic heterocycles. The largest absolute Gasteiger partial charge is 0.494 e. The van der Waals surface area contributed by atoms with Crippen LogP contribution in [0.2, 0.25) is 0 Å². The van der Waals surface area contributed by atoms with Crippen molar-refractivity contribution in [3.8, 4) is 10.4 Å². The van der Waals surface area contributed by atoms with E-state index in [1.54, 1.807) is 0 Å². The van der Waals surface area contributed by atoms with E-state index in [2.05, 4.69) is 0 Å². The number of carbonyl (C=O) groups is 1. The van der Waals surface area contributed by atoms with Crippen molar-refractivity contribution >= 4 is 30.2 Å². The minimum Gasteiger partial charge on any atom is -0.399 e. The van der Waals surface area contributed by atoms with E-state index in [1.807, 2.05) is 64.1 Å². The molecule has 0 N–H and O–H groups in total. The first-order valence-corrected chi connectivity index (χ1v) is 8.15. The van der Waals surface area contributed by atoms with Crippen LogP contribution in [0.5, 0.6) is 0 Å². The van der Waals surface area contributed by atoms with E-state index in [0.717, 1.165) is 27.1 Å². The van der Waals surface area contributed by atoms with Gasteiger partial charge in [0.25, 0.3) is 0 Å². The van der Waals surface area contributed by atoms with Crippen molar-refractivity contribution in [1.29, 1.82) is 0 Å². The van der Waals surface area contributed by atoms with Crippen LogP contribution < -0.4 is 5.46 Å². The Hall–Kier alpha value is -1.43. The second-order valence-corrected chi connectivity index (χ2v) is 7.65. The van der Waals surface area contributed by atoms with E-state index in [1.165, 1.54) is 11.3 Å². The van der Waals surface area contributed by atoms with Gasteiger partial charge in [0, 0.05) is 4.88 Å². The first-order chi connectivity index (χ1) is 10.3. The molecule has 0 atom stereocenters. The summed E-state index contributed by atoms with van der Waals surface area (Å²) in [6.07, 6.45) is 0.882. The van der Waals surface area contributed by atoms with Gasteiger partial charge >= 0.3 is 7.12 Å². The first kappa shape index (κ1) is 15.5. The molecule has 1 saturated heterocycles. The molecule has 1 aromatic carbocycles. The molecule has 0 unspecified atom stereocenters. The summed E-state index contributed by atoms with van der Waals surface area (Å²) in [6.45, 7) is 8.20. The number of carbonyl (C=O) groups excluding carboxylic acids is 1. The number of benzene rings is 1. The van der Waals surface area contributed by atoms with Crippen LogP contribution in [-0.4, -0.2) is 24.6 Å². The first-order valence-electron chi connectivity index (χ1n) is 7.33. The maximum absolute atomic E-state index is 10.8. The average molecular weight is 314 g/mol. The molecule has 0 radical (unpaired) electrons. The summed E-state index contributed by atoms with van der Waals surface area (Å²) in [7, 11) is -0.340. The molecule has 1 fully saturated rings. The molecule has 22 heavy (non-hydrogen) atoms. The monoisotopic (exact) mass is 314 g/mol. The maximum Gasteiger partial charge on any atom is 0.494 e. The number of rotatable bonds is 3. The highest BCUT2D eigenvalue weighted by atomic mass is 32.1. The highest BCUT2D eigenvalue weighted by Crippen LogP contribution is 2.36. The van der Waals surface area contributed by atoms with Crippen molar-refractivity contribution in [1.82, 2.24) is 0 Å². The molecular formula is C17H19BO3S. The fourth-order valence-electron chi connectivity index (χ4n) is 2.35. The van der Waals surface area contributed by atoms with Gasteiger partial charge in [-0.15, -0.1) is 11.3 Å². The molecule has 0 saturated carbocycles. The number of aldehydes is 1. The minimum atomic E-state index is -0.340. The van der Waals surface area contributed by atoms with Gasteiger partial charge in [-0.05, 0) is 50.9 Å². The summed E-state index contributed by atoms with van der Waals surface area (Å²) in [5, 5.41) is 0. The number of thiophene rings is 1. The average Bonchev–Trinajstić information content (AvgIpc) is 3.02.